The van der Waals surface area contributed by atoms with Crippen LogP contribution in [0.4, 0.5) is 5.69 Å². The third-order valence-electron chi connectivity index (χ3n) is 3.45. The van der Waals surface area contributed by atoms with Crippen molar-refractivity contribution in [1.82, 2.24) is 4.90 Å². The molecule has 21 heavy (non-hydrogen) atoms. The highest BCUT2D eigenvalue weighted by Gasteiger charge is 2.23. The van der Waals surface area contributed by atoms with Crippen molar-refractivity contribution in [3.63, 3.8) is 0 Å². The molecule has 1 atom stereocenters. The fraction of sp³-hybridized carbons (Fsp3) is 0.500. The lowest BCUT2D eigenvalue weighted by Crippen LogP contribution is -2.43. The van der Waals surface area contributed by atoms with E-state index in [1.54, 1.807) is 24.3 Å². The van der Waals surface area contributed by atoms with E-state index in [9.17, 15) is 13.2 Å². The third kappa shape index (κ3) is 4.71. The number of benzene rings is 1. The average Bonchev–Trinajstić information content (AvgIpc) is 2.92. The number of likely N-dealkylation sites (tertiary alicyclic amines) is 1. The van der Waals surface area contributed by atoms with Gasteiger partial charge in [-0.05, 0) is 37.0 Å². The molecule has 3 N–H and O–H groups in total. The summed E-state index contributed by atoms with van der Waals surface area (Å²) in [5.41, 5.74) is 7.38. The summed E-state index contributed by atoms with van der Waals surface area (Å²) in [6, 6.07) is 6.36. The van der Waals surface area contributed by atoms with E-state index in [-0.39, 0.29) is 5.91 Å². The van der Waals surface area contributed by atoms with Gasteiger partial charge in [0.1, 0.15) is 0 Å². The molecule has 1 heterocycles. The molecule has 6 nitrogen and oxygen atoms in total. The number of nitrogens with zero attached hydrogens (tertiary/aromatic N) is 1. The first-order valence-electron chi connectivity index (χ1n) is 6.96. The molecule has 0 bridgehead atoms. The van der Waals surface area contributed by atoms with Crippen LogP contribution in [0.5, 0.6) is 0 Å². The van der Waals surface area contributed by atoms with E-state index in [0.29, 0.717) is 12.1 Å². The molecule has 0 aromatic heterocycles. The van der Waals surface area contributed by atoms with Crippen LogP contribution in [0.1, 0.15) is 18.4 Å². The quantitative estimate of drug-likeness (QED) is 0.830. The predicted molar refractivity (Wildman–Crippen MR) is 82.4 cm³/mol. The molecular formula is C14H21N3O3S. The second-order valence-electron chi connectivity index (χ2n) is 5.41. The number of rotatable bonds is 5. The summed E-state index contributed by atoms with van der Waals surface area (Å²) in [6.45, 7) is 1.59. The second-order valence-corrected chi connectivity index (χ2v) is 7.16. The lowest BCUT2D eigenvalue weighted by atomic mass is 10.1. The molecule has 1 aliphatic rings. The van der Waals surface area contributed by atoms with Crippen LogP contribution in [-0.4, -0.2) is 44.6 Å². The van der Waals surface area contributed by atoms with E-state index in [4.69, 9.17) is 5.73 Å². The molecule has 1 aromatic rings. The Bertz CT molecular complexity index is 592. The molecular weight excluding hydrogens is 290 g/mol. The van der Waals surface area contributed by atoms with Gasteiger partial charge >= 0.3 is 0 Å². The smallest absolute Gasteiger partial charge is 0.239 e. The molecule has 1 aromatic carbocycles. The van der Waals surface area contributed by atoms with E-state index in [1.165, 1.54) is 0 Å². The van der Waals surface area contributed by atoms with Gasteiger partial charge in [-0.2, -0.15) is 0 Å². The first-order valence-corrected chi connectivity index (χ1v) is 8.85. The van der Waals surface area contributed by atoms with E-state index in [0.717, 1.165) is 37.8 Å². The minimum absolute atomic E-state index is 0.00848. The van der Waals surface area contributed by atoms with Gasteiger partial charge in [-0.1, -0.05) is 12.1 Å². The Hall–Kier alpha value is -1.60. The van der Waals surface area contributed by atoms with Crippen LogP contribution in [-0.2, 0) is 21.2 Å². The van der Waals surface area contributed by atoms with E-state index >= 15 is 0 Å². The molecule has 0 radical (unpaired) electrons. The highest BCUT2D eigenvalue weighted by Crippen LogP contribution is 2.14. The van der Waals surface area contributed by atoms with Crippen LogP contribution in [0, 0.1) is 0 Å². The average molecular weight is 311 g/mol. The fourth-order valence-corrected chi connectivity index (χ4v) is 3.00. The number of nitrogens with two attached hydrogens (primary N) is 1. The molecule has 0 aliphatic carbocycles. The summed E-state index contributed by atoms with van der Waals surface area (Å²) >= 11 is 0. The minimum Gasteiger partial charge on any atom is -0.341 e. The second kappa shape index (κ2) is 6.44. The Morgan fingerprint density at radius 1 is 1.29 bits per heavy atom. The van der Waals surface area contributed by atoms with Gasteiger partial charge in [0.2, 0.25) is 15.9 Å². The van der Waals surface area contributed by atoms with Crippen molar-refractivity contribution >= 4 is 21.6 Å². The number of hydrogen-bond acceptors (Lipinski definition) is 4. The van der Waals surface area contributed by atoms with Crippen LogP contribution in [0.2, 0.25) is 0 Å². The Morgan fingerprint density at radius 2 is 1.86 bits per heavy atom. The van der Waals surface area contributed by atoms with Gasteiger partial charge in [0, 0.05) is 18.8 Å². The number of nitrogens with one attached hydrogen (secondary N) is 1. The normalized spacial score (nSPS) is 16.8. The Balaban J connectivity index is 1.94. The fourth-order valence-electron chi connectivity index (χ4n) is 2.44. The maximum Gasteiger partial charge on any atom is 0.239 e. The van der Waals surface area contributed by atoms with E-state index in [2.05, 4.69) is 4.72 Å². The monoisotopic (exact) mass is 311 g/mol. The summed E-state index contributed by atoms with van der Waals surface area (Å²) in [6.07, 6.45) is 3.65. The number of carbonyl (C=O) groups is 1. The summed E-state index contributed by atoms with van der Waals surface area (Å²) in [5.74, 6) is -0.00848. The molecule has 2 rings (SSSR count). The highest BCUT2D eigenvalue weighted by molar-refractivity contribution is 7.92. The Morgan fingerprint density at radius 3 is 2.38 bits per heavy atom. The zero-order chi connectivity index (χ0) is 15.5. The van der Waals surface area contributed by atoms with Gasteiger partial charge in [-0.15, -0.1) is 0 Å². The Kier molecular flexibility index (Phi) is 4.84. The number of amides is 1. The van der Waals surface area contributed by atoms with Crippen LogP contribution in [0.3, 0.4) is 0 Å². The van der Waals surface area contributed by atoms with E-state index in [1.807, 2.05) is 4.90 Å². The van der Waals surface area contributed by atoms with Gasteiger partial charge < -0.3 is 10.6 Å². The van der Waals surface area contributed by atoms with Crippen molar-refractivity contribution in [2.75, 3.05) is 24.1 Å². The maximum absolute atomic E-state index is 12.1. The SMILES string of the molecule is CS(=O)(=O)Nc1ccc(C[C@H](N)C(=O)N2CCCC2)cc1. The first-order chi connectivity index (χ1) is 9.85. The molecule has 0 saturated carbocycles. The Labute approximate surface area is 125 Å². The third-order valence-corrected chi connectivity index (χ3v) is 4.05. The molecule has 1 aliphatic heterocycles. The number of anilines is 1. The lowest BCUT2D eigenvalue weighted by molar-refractivity contribution is -0.131. The number of carbonyl (C=O) groups excluding carboxylic acids is 1. The topological polar surface area (TPSA) is 92.5 Å². The molecule has 7 heteroatoms. The lowest BCUT2D eigenvalue weighted by Gasteiger charge is -2.20. The predicted octanol–water partition coefficient (Wildman–Crippen LogP) is 0.550. The van der Waals surface area contributed by atoms with Crippen molar-refractivity contribution in [2.24, 2.45) is 5.73 Å². The van der Waals surface area contributed by atoms with Gasteiger partial charge in [-0.3, -0.25) is 9.52 Å². The van der Waals surface area contributed by atoms with Crippen molar-refractivity contribution < 1.29 is 13.2 Å². The zero-order valence-corrected chi connectivity index (χ0v) is 12.9. The highest BCUT2D eigenvalue weighted by atomic mass is 32.2. The first kappa shape index (κ1) is 15.8. The van der Waals surface area contributed by atoms with Crippen molar-refractivity contribution in [2.45, 2.75) is 25.3 Å². The van der Waals surface area contributed by atoms with Crippen molar-refractivity contribution in [3.8, 4) is 0 Å². The van der Waals surface area contributed by atoms with Crippen molar-refractivity contribution in [3.05, 3.63) is 29.8 Å². The molecule has 116 valence electrons. The molecule has 0 spiro atoms. The number of sulfonamides is 1. The minimum atomic E-state index is -3.27. The van der Waals surface area contributed by atoms with Crippen LogP contribution in [0.25, 0.3) is 0 Å². The van der Waals surface area contributed by atoms with Gasteiger partial charge in [0.05, 0.1) is 12.3 Å². The summed E-state index contributed by atoms with van der Waals surface area (Å²) < 4.78 is 24.6. The van der Waals surface area contributed by atoms with Gasteiger partial charge in [0.25, 0.3) is 0 Å². The summed E-state index contributed by atoms with van der Waals surface area (Å²) in [7, 11) is -3.27. The summed E-state index contributed by atoms with van der Waals surface area (Å²) in [5, 5.41) is 0. The zero-order valence-electron chi connectivity index (χ0n) is 12.1. The molecule has 0 unspecified atom stereocenters. The van der Waals surface area contributed by atoms with Gasteiger partial charge in [0.15, 0.2) is 0 Å². The van der Waals surface area contributed by atoms with Crippen LogP contribution >= 0.6 is 0 Å². The van der Waals surface area contributed by atoms with Crippen LogP contribution < -0.4 is 10.5 Å². The van der Waals surface area contributed by atoms with Gasteiger partial charge in [-0.25, -0.2) is 8.42 Å². The molecule has 1 fully saturated rings. The number of hydrogen-bond donors (Lipinski definition) is 2. The molecule has 1 amide bonds. The van der Waals surface area contributed by atoms with Crippen molar-refractivity contribution in [1.29, 1.82) is 0 Å². The summed E-state index contributed by atoms with van der Waals surface area (Å²) in [4.78, 5) is 13.9. The van der Waals surface area contributed by atoms with E-state index < -0.39 is 16.1 Å². The molecule has 1 saturated heterocycles. The maximum atomic E-state index is 12.1. The standard InChI is InChI=1S/C14H21N3O3S/c1-21(19,20)16-12-6-4-11(5-7-12)10-13(15)14(18)17-8-2-3-9-17/h4-7,13,16H,2-3,8-10,15H2,1H3/t13-/m0/s1. The van der Waals surface area contributed by atoms with Crippen LogP contribution in [0.15, 0.2) is 24.3 Å². The largest absolute Gasteiger partial charge is 0.341 e.